The van der Waals surface area contributed by atoms with Crippen LogP contribution in [0.3, 0.4) is 0 Å². The molecular formula is C14H22ClN. The molecule has 1 atom stereocenters. The molecule has 0 saturated heterocycles. The molecule has 1 aromatic carbocycles. The van der Waals surface area contributed by atoms with E-state index in [4.69, 9.17) is 11.6 Å². The maximum atomic E-state index is 6.26. The fourth-order valence-corrected chi connectivity index (χ4v) is 2.13. The van der Waals surface area contributed by atoms with Crippen molar-refractivity contribution in [3.8, 4) is 0 Å². The summed E-state index contributed by atoms with van der Waals surface area (Å²) in [4.78, 5) is 0. The number of halogens is 1. The van der Waals surface area contributed by atoms with Gasteiger partial charge in [0.2, 0.25) is 0 Å². The van der Waals surface area contributed by atoms with Crippen molar-refractivity contribution in [2.24, 2.45) is 5.41 Å². The van der Waals surface area contributed by atoms with E-state index in [9.17, 15) is 0 Å². The Hall–Kier alpha value is -0.530. The van der Waals surface area contributed by atoms with Crippen LogP contribution in [-0.4, -0.2) is 6.54 Å². The molecule has 1 aromatic rings. The summed E-state index contributed by atoms with van der Waals surface area (Å²) in [6.45, 7) is 9.92. The smallest absolute Gasteiger partial charge is 0.0454 e. The first-order valence-corrected chi connectivity index (χ1v) is 6.32. The molecule has 0 aliphatic heterocycles. The summed E-state index contributed by atoms with van der Waals surface area (Å²) in [5.41, 5.74) is 1.37. The Morgan fingerprint density at radius 3 is 2.38 bits per heavy atom. The summed E-state index contributed by atoms with van der Waals surface area (Å²) in [6, 6.07) is 8.41. The van der Waals surface area contributed by atoms with E-state index in [1.165, 1.54) is 5.56 Å². The lowest BCUT2D eigenvalue weighted by Gasteiger charge is -2.32. The second-order valence-corrected chi connectivity index (χ2v) is 5.68. The molecule has 1 N–H and O–H groups in total. The Bertz CT molecular complexity index is 328. The van der Waals surface area contributed by atoms with Crippen molar-refractivity contribution in [3.63, 3.8) is 0 Å². The van der Waals surface area contributed by atoms with Gasteiger partial charge in [0.25, 0.3) is 0 Å². The van der Waals surface area contributed by atoms with Crippen LogP contribution in [0.1, 0.15) is 45.7 Å². The van der Waals surface area contributed by atoms with Crippen molar-refractivity contribution in [1.82, 2.24) is 5.32 Å². The lowest BCUT2D eigenvalue weighted by molar-refractivity contribution is 0.273. The van der Waals surface area contributed by atoms with Crippen LogP contribution in [0.15, 0.2) is 24.3 Å². The molecule has 90 valence electrons. The molecule has 0 radical (unpaired) electrons. The minimum Gasteiger partial charge on any atom is -0.309 e. The average molecular weight is 240 g/mol. The van der Waals surface area contributed by atoms with Crippen LogP contribution >= 0.6 is 11.6 Å². The molecule has 16 heavy (non-hydrogen) atoms. The maximum absolute atomic E-state index is 6.26. The first-order chi connectivity index (χ1) is 7.46. The third-order valence-electron chi connectivity index (χ3n) is 2.68. The molecule has 0 heterocycles. The molecule has 0 amide bonds. The SMILES string of the molecule is CCCNC(c1ccccc1Cl)C(C)(C)C. The molecule has 0 aliphatic carbocycles. The van der Waals surface area contributed by atoms with Crippen molar-refractivity contribution in [3.05, 3.63) is 34.9 Å². The molecule has 0 spiro atoms. The van der Waals surface area contributed by atoms with E-state index in [2.05, 4.69) is 39.1 Å². The summed E-state index contributed by atoms with van der Waals surface area (Å²) in [6.07, 6.45) is 1.14. The fraction of sp³-hybridized carbons (Fsp3) is 0.571. The van der Waals surface area contributed by atoms with Gasteiger partial charge in [0, 0.05) is 11.1 Å². The highest BCUT2D eigenvalue weighted by atomic mass is 35.5. The van der Waals surface area contributed by atoms with Crippen LogP contribution in [-0.2, 0) is 0 Å². The van der Waals surface area contributed by atoms with Gasteiger partial charge in [-0.15, -0.1) is 0 Å². The summed E-state index contributed by atoms with van der Waals surface area (Å²) in [7, 11) is 0. The predicted octanol–water partition coefficient (Wildman–Crippen LogP) is 4.43. The number of hydrogen-bond acceptors (Lipinski definition) is 1. The van der Waals surface area contributed by atoms with Crippen molar-refractivity contribution < 1.29 is 0 Å². The summed E-state index contributed by atoms with van der Waals surface area (Å²) in [5.74, 6) is 0. The Kier molecular flexibility index (Phi) is 4.82. The lowest BCUT2D eigenvalue weighted by atomic mass is 9.82. The highest BCUT2D eigenvalue weighted by Gasteiger charge is 2.26. The van der Waals surface area contributed by atoms with E-state index in [0.717, 1.165) is 18.0 Å². The predicted molar refractivity (Wildman–Crippen MR) is 71.9 cm³/mol. The van der Waals surface area contributed by atoms with Crippen molar-refractivity contribution in [1.29, 1.82) is 0 Å². The Morgan fingerprint density at radius 1 is 1.25 bits per heavy atom. The van der Waals surface area contributed by atoms with Crippen LogP contribution in [0.5, 0.6) is 0 Å². The highest BCUT2D eigenvalue weighted by molar-refractivity contribution is 6.31. The van der Waals surface area contributed by atoms with Gasteiger partial charge in [-0.2, -0.15) is 0 Å². The van der Waals surface area contributed by atoms with Gasteiger partial charge in [-0.1, -0.05) is 57.5 Å². The largest absolute Gasteiger partial charge is 0.309 e. The Morgan fingerprint density at radius 2 is 1.88 bits per heavy atom. The number of rotatable bonds is 4. The van der Waals surface area contributed by atoms with Gasteiger partial charge in [-0.3, -0.25) is 0 Å². The zero-order valence-corrected chi connectivity index (χ0v) is 11.4. The van der Waals surface area contributed by atoms with Gasteiger partial charge in [-0.05, 0) is 30.0 Å². The second-order valence-electron chi connectivity index (χ2n) is 5.27. The monoisotopic (exact) mass is 239 g/mol. The van der Waals surface area contributed by atoms with Crippen molar-refractivity contribution >= 4 is 11.6 Å². The molecule has 0 saturated carbocycles. The van der Waals surface area contributed by atoms with Crippen molar-refractivity contribution in [2.75, 3.05) is 6.54 Å². The summed E-state index contributed by atoms with van der Waals surface area (Å²) >= 11 is 6.26. The van der Waals surface area contributed by atoms with E-state index in [1.54, 1.807) is 0 Å². The Balaban J connectivity index is 2.97. The number of hydrogen-bond donors (Lipinski definition) is 1. The quantitative estimate of drug-likeness (QED) is 0.820. The molecule has 1 rings (SSSR count). The van der Waals surface area contributed by atoms with Crippen LogP contribution in [0.2, 0.25) is 5.02 Å². The third-order valence-corrected chi connectivity index (χ3v) is 3.02. The van der Waals surface area contributed by atoms with E-state index in [1.807, 2.05) is 18.2 Å². The van der Waals surface area contributed by atoms with Gasteiger partial charge in [0.05, 0.1) is 0 Å². The molecular weight excluding hydrogens is 218 g/mol. The highest BCUT2D eigenvalue weighted by Crippen LogP contribution is 2.35. The lowest BCUT2D eigenvalue weighted by Crippen LogP contribution is -2.33. The van der Waals surface area contributed by atoms with E-state index < -0.39 is 0 Å². The molecule has 1 nitrogen and oxygen atoms in total. The van der Waals surface area contributed by atoms with Gasteiger partial charge in [0.15, 0.2) is 0 Å². The zero-order valence-electron chi connectivity index (χ0n) is 10.7. The van der Waals surface area contributed by atoms with Crippen LogP contribution in [0.4, 0.5) is 0 Å². The second kappa shape index (κ2) is 5.70. The summed E-state index contributed by atoms with van der Waals surface area (Å²) < 4.78 is 0. The van der Waals surface area contributed by atoms with Gasteiger partial charge in [-0.25, -0.2) is 0 Å². The molecule has 0 bridgehead atoms. The minimum atomic E-state index is 0.167. The number of benzene rings is 1. The van der Waals surface area contributed by atoms with Gasteiger partial charge < -0.3 is 5.32 Å². The van der Waals surface area contributed by atoms with Crippen molar-refractivity contribution in [2.45, 2.75) is 40.2 Å². The van der Waals surface area contributed by atoms with Crippen LogP contribution < -0.4 is 5.32 Å². The first-order valence-electron chi connectivity index (χ1n) is 5.94. The van der Waals surface area contributed by atoms with Crippen LogP contribution in [0.25, 0.3) is 0 Å². The van der Waals surface area contributed by atoms with Gasteiger partial charge >= 0.3 is 0 Å². The molecule has 0 aromatic heterocycles. The molecule has 0 fully saturated rings. The van der Waals surface area contributed by atoms with Crippen LogP contribution in [0, 0.1) is 5.41 Å². The fourth-order valence-electron chi connectivity index (χ4n) is 1.88. The first kappa shape index (κ1) is 13.5. The number of nitrogens with one attached hydrogen (secondary N) is 1. The third kappa shape index (κ3) is 3.50. The topological polar surface area (TPSA) is 12.0 Å². The van der Waals surface area contributed by atoms with E-state index >= 15 is 0 Å². The standard InChI is InChI=1S/C14H22ClN/c1-5-10-16-13(14(2,3)4)11-8-6-7-9-12(11)15/h6-9,13,16H,5,10H2,1-4H3. The van der Waals surface area contributed by atoms with E-state index in [0.29, 0.717) is 6.04 Å². The minimum absolute atomic E-state index is 0.167. The zero-order chi connectivity index (χ0) is 12.2. The Labute approximate surface area is 104 Å². The summed E-state index contributed by atoms with van der Waals surface area (Å²) in [5, 5.41) is 4.43. The molecule has 2 heteroatoms. The molecule has 1 unspecified atom stereocenters. The van der Waals surface area contributed by atoms with E-state index in [-0.39, 0.29) is 5.41 Å². The molecule has 0 aliphatic rings. The normalized spacial score (nSPS) is 13.8. The maximum Gasteiger partial charge on any atom is 0.0454 e. The van der Waals surface area contributed by atoms with Gasteiger partial charge in [0.1, 0.15) is 0 Å². The average Bonchev–Trinajstić information content (AvgIpc) is 2.19.